The Labute approximate surface area is 213 Å². The number of pyridine rings is 2. The number of fused-ring (bicyclic) bond motifs is 2. The molecular weight excluding hydrogens is 466 g/mol. The van der Waals surface area contributed by atoms with Gasteiger partial charge in [0.25, 0.3) is 0 Å². The number of amides is 1. The van der Waals surface area contributed by atoms with E-state index >= 15 is 0 Å². The van der Waals surface area contributed by atoms with Crippen LogP contribution in [0.5, 0.6) is 0 Å². The van der Waals surface area contributed by atoms with Gasteiger partial charge in [-0.05, 0) is 43.7 Å². The van der Waals surface area contributed by atoms with E-state index < -0.39 is 0 Å². The van der Waals surface area contributed by atoms with Crippen molar-refractivity contribution in [2.24, 2.45) is 5.92 Å². The summed E-state index contributed by atoms with van der Waals surface area (Å²) in [6, 6.07) is 8.09. The zero-order valence-corrected chi connectivity index (χ0v) is 20.5. The standard InChI is InChI=1S/C27H27N9O/c1-35-6-8-36(9-7-35)23-15-29-14-22-25(23)32-26(31-22)24-20-11-17(4-5-21(20)33-34-24)18-10-19(13-28-12-18)30-27(37)16-2-3-16/h4-5,10-16H,2-3,6-9H2,1H3,(H,30,37)(H,31,32)(H,33,34). The molecule has 1 saturated carbocycles. The molecule has 0 unspecified atom stereocenters. The fourth-order valence-corrected chi connectivity index (χ4v) is 4.94. The number of imidazole rings is 1. The number of H-pyrrole nitrogens is 2. The maximum absolute atomic E-state index is 12.2. The van der Waals surface area contributed by atoms with E-state index in [-0.39, 0.29) is 11.8 Å². The topological polar surface area (TPSA) is 119 Å². The summed E-state index contributed by atoms with van der Waals surface area (Å²) in [6.45, 7) is 3.92. The van der Waals surface area contributed by atoms with Gasteiger partial charge in [0.05, 0.1) is 41.0 Å². The fraction of sp³-hybridized carbons (Fsp3) is 0.296. The van der Waals surface area contributed by atoms with E-state index in [0.29, 0.717) is 11.5 Å². The molecule has 0 bridgehead atoms. The van der Waals surface area contributed by atoms with E-state index in [0.717, 1.165) is 83.5 Å². The second-order valence-corrected chi connectivity index (χ2v) is 9.99. The van der Waals surface area contributed by atoms with Crippen LogP contribution in [0.15, 0.2) is 49.1 Å². The summed E-state index contributed by atoms with van der Waals surface area (Å²) in [5.74, 6) is 0.913. The Morgan fingerprint density at radius 2 is 1.81 bits per heavy atom. The maximum Gasteiger partial charge on any atom is 0.227 e. The first-order valence-electron chi connectivity index (χ1n) is 12.6. The van der Waals surface area contributed by atoms with Crippen LogP contribution in [0.25, 0.3) is 44.6 Å². The van der Waals surface area contributed by atoms with Gasteiger partial charge in [-0.2, -0.15) is 5.10 Å². The van der Waals surface area contributed by atoms with E-state index in [1.54, 1.807) is 6.20 Å². The second-order valence-electron chi connectivity index (χ2n) is 9.99. The number of aromatic nitrogens is 6. The summed E-state index contributed by atoms with van der Waals surface area (Å²) in [7, 11) is 2.15. The van der Waals surface area contributed by atoms with Crippen molar-refractivity contribution in [3.8, 4) is 22.6 Å². The van der Waals surface area contributed by atoms with Crippen molar-refractivity contribution in [1.82, 2.24) is 35.0 Å². The fourth-order valence-electron chi connectivity index (χ4n) is 4.94. The Balaban J connectivity index is 1.24. The van der Waals surface area contributed by atoms with Gasteiger partial charge in [-0.15, -0.1) is 0 Å². The summed E-state index contributed by atoms with van der Waals surface area (Å²) in [5, 5.41) is 11.7. The number of likely N-dealkylation sites (N-methyl/N-ethyl adjacent to an activating group) is 1. The Morgan fingerprint density at radius 3 is 2.65 bits per heavy atom. The number of nitrogens with zero attached hydrogens (tertiary/aromatic N) is 6. The third-order valence-electron chi connectivity index (χ3n) is 7.29. The highest BCUT2D eigenvalue weighted by atomic mass is 16.2. The van der Waals surface area contributed by atoms with Gasteiger partial charge in [0.15, 0.2) is 5.82 Å². The molecule has 2 aliphatic rings. The molecule has 1 aromatic carbocycles. The highest BCUT2D eigenvalue weighted by molar-refractivity contribution is 5.98. The van der Waals surface area contributed by atoms with Crippen molar-refractivity contribution in [1.29, 1.82) is 0 Å². The van der Waals surface area contributed by atoms with Gasteiger partial charge in [0.1, 0.15) is 11.2 Å². The number of benzene rings is 1. The number of hydrogen-bond acceptors (Lipinski definition) is 7. The SMILES string of the molecule is CN1CCN(c2cncc3[nH]c(-c4n[nH]c5ccc(-c6cncc(NC(=O)C7CC7)c6)cc45)nc23)CC1. The summed E-state index contributed by atoms with van der Waals surface area (Å²) in [6.07, 6.45) is 9.15. The van der Waals surface area contributed by atoms with Crippen molar-refractivity contribution in [2.45, 2.75) is 12.8 Å². The summed E-state index contributed by atoms with van der Waals surface area (Å²) in [4.78, 5) is 34.1. The largest absolute Gasteiger partial charge is 0.366 e. The van der Waals surface area contributed by atoms with Crippen LogP contribution in [-0.4, -0.2) is 74.2 Å². The monoisotopic (exact) mass is 493 g/mol. The van der Waals surface area contributed by atoms with Crippen LogP contribution < -0.4 is 10.2 Å². The summed E-state index contributed by atoms with van der Waals surface area (Å²) in [5.41, 5.74) is 7.14. The summed E-state index contributed by atoms with van der Waals surface area (Å²) < 4.78 is 0. The van der Waals surface area contributed by atoms with E-state index in [1.165, 1.54) is 0 Å². The summed E-state index contributed by atoms with van der Waals surface area (Å²) >= 11 is 0. The normalized spacial score (nSPS) is 16.5. The van der Waals surface area contributed by atoms with E-state index in [9.17, 15) is 4.79 Å². The lowest BCUT2D eigenvalue weighted by molar-refractivity contribution is -0.117. The zero-order chi connectivity index (χ0) is 24.9. The van der Waals surface area contributed by atoms with Crippen molar-refractivity contribution in [3.63, 3.8) is 0 Å². The molecule has 0 radical (unpaired) electrons. The average molecular weight is 494 g/mol. The molecule has 5 aromatic rings. The van der Waals surface area contributed by atoms with Crippen LogP contribution in [0.3, 0.4) is 0 Å². The minimum absolute atomic E-state index is 0.0711. The number of carbonyl (C=O) groups excluding carboxylic acids is 1. The molecule has 1 saturated heterocycles. The molecule has 0 spiro atoms. The quantitative estimate of drug-likeness (QED) is 0.342. The van der Waals surface area contributed by atoms with Crippen LogP contribution in [0.2, 0.25) is 0 Å². The predicted octanol–water partition coefficient (Wildman–Crippen LogP) is 3.66. The molecule has 10 heteroatoms. The van der Waals surface area contributed by atoms with Crippen LogP contribution in [-0.2, 0) is 4.79 Å². The molecule has 4 aromatic heterocycles. The lowest BCUT2D eigenvalue weighted by Crippen LogP contribution is -2.44. The third-order valence-corrected chi connectivity index (χ3v) is 7.29. The average Bonchev–Trinajstić information content (AvgIpc) is 3.55. The molecule has 10 nitrogen and oxygen atoms in total. The number of piperazine rings is 1. The van der Waals surface area contributed by atoms with Crippen LogP contribution >= 0.6 is 0 Å². The molecule has 37 heavy (non-hydrogen) atoms. The van der Waals surface area contributed by atoms with Crippen molar-refractivity contribution < 1.29 is 4.79 Å². The van der Waals surface area contributed by atoms with Crippen LogP contribution in [0.4, 0.5) is 11.4 Å². The van der Waals surface area contributed by atoms with E-state index in [2.05, 4.69) is 53.4 Å². The van der Waals surface area contributed by atoms with Gasteiger partial charge >= 0.3 is 0 Å². The number of nitrogens with one attached hydrogen (secondary N) is 3. The molecule has 5 heterocycles. The Kier molecular flexibility index (Phi) is 5.14. The first kappa shape index (κ1) is 21.9. The Hall–Kier alpha value is -4.31. The number of hydrogen-bond donors (Lipinski definition) is 3. The first-order chi connectivity index (χ1) is 18.1. The molecule has 186 valence electrons. The molecular formula is C27H27N9O. The predicted molar refractivity (Wildman–Crippen MR) is 143 cm³/mol. The van der Waals surface area contributed by atoms with E-state index in [1.807, 2.05) is 36.8 Å². The van der Waals surface area contributed by atoms with Crippen molar-refractivity contribution in [3.05, 3.63) is 49.1 Å². The van der Waals surface area contributed by atoms with Crippen molar-refractivity contribution in [2.75, 3.05) is 43.4 Å². The molecule has 1 aliphatic heterocycles. The molecule has 1 aliphatic carbocycles. The lowest BCUT2D eigenvalue weighted by atomic mass is 10.0. The zero-order valence-electron chi connectivity index (χ0n) is 20.5. The van der Waals surface area contributed by atoms with E-state index in [4.69, 9.17) is 4.98 Å². The first-order valence-corrected chi connectivity index (χ1v) is 12.6. The molecule has 1 amide bonds. The molecule has 3 N–H and O–H groups in total. The van der Waals surface area contributed by atoms with Crippen LogP contribution in [0, 0.1) is 5.92 Å². The number of anilines is 2. The molecule has 2 fully saturated rings. The van der Waals surface area contributed by atoms with Gasteiger partial charge in [0, 0.05) is 49.2 Å². The maximum atomic E-state index is 12.2. The van der Waals surface area contributed by atoms with Gasteiger partial charge in [-0.25, -0.2) is 4.98 Å². The lowest BCUT2D eigenvalue weighted by Gasteiger charge is -2.33. The third kappa shape index (κ3) is 4.09. The molecule has 7 rings (SSSR count). The van der Waals surface area contributed by atoms with Gasteiger partial charge in [-0.1, -0.05) is 6.07 Å². The smallest absolute Gasteiger partial charge is 0.227 e. The Morgan fingerprint density at radius 1 is 0.973 bits per heavy atom. The van der Waals surface area contributed by atoms with Gasteiger partial charge in [-0.3, -0.25) is 19.9 Å². The Bertz CT molecular complexity index is 1630. The number of aromatic amines is 2. The molecule has 0 atom stereocenters. The number of rotatable bonds is 5. The van der Waals surface area contributed by atoms with Crippen LogP contribution in [0.1, 0.15) is 12.8 Å². The minimum Gasteiger partial charge on any atom is -0.366 e. The minimum atomic E-state index is 0.0711. The van der Waals surface area contributed by atoms with Gasteiger partial charge in [0.2, 0.25) is 5.91 Å². The van der Waals surface area contributed by atoms with Crippen molar-refractivity contribution >= 4 is 39.2 Å². The second kappa shape index (κ2) is 8.67. The number of carbonyl (C=O) groups is 1. The highest BCUT2D eigenvalue weighted by Gasteiger charge is 2.29. The van der Waals surface area contributed by atoms with Gasteiger partial charge < -0.3 is 20.1 Å². The highest BCUT2D eigenvalue weighted by Crippen LogP contribution is 2.34.